The molecule has 1 rings (SSSR count). The third-order valence-corrected chi connectivity index (χ3v) is 3.71. The van der Waals surface area contributed by atoms with Gasteiger partial charge in [-0.2, -0.15) is 13.2 Å². The molecule has 7 heteroatoms. The maximum absolute atomic E-state index is 13.2. The Kier molecular flexibility index (Phi) is 7.41. The van der Waals surface area contributed by atoms with E-state index in [1.807, 2.05) is 6.07 Å². The van der Waals surface area contributed by atoms with E-state index in [0.717, 1.165) is 5.56 Å². The van der Waals surface area contributed by atoms with Crippen molar-refractivity contribution in [2.24, 2.45) is 5.92 Å². The number of hydrogen-bond donors (Lipinski definition) is 0. The fourth-order valence-electron chi connectivity index (χ4n) is 2.34. The van der Waals surface area contributed by atoms with E-state index in [9.17, 15) is 22.8 Å². The molecule has 0 aliphatic heterocycles. The molecule has 0 heterocycles. The van der Waals surface area contributed by atoms with Crippen LogP contribution in [0.15, 0.2) is 30.3 Å². The Balaban J connectivity index is 2.70. The summed E-state index contributed by atoms with van der Waals surface area (Å²) in [6.07, 6.45) is -5.06. The number of carbonyl (C=O) groups excluding carboxylic acids is 2. The molecule has 1 aromatic rings. The van der Waals surface area contributed by atoms with Gasteiger partial charge < -0.3 is 4.74 Å². The lowest BCUT2D eigenvalue weighted by atomic mass is 9.96. The van der Waals surface area contributed by atoms with Crippen molar-refractivity contribution < 1.29 is 27.5 Å². The van der Waals surface area contributed by atoms with Crippen LogP contribution in [0.4, 0.5) is 13.2 Å². The molecule has 0 saturated heterocycles. The highest BCUT2D eigenvalue weighted by atomic mass is 19.4. The van der Waals surface area contributed by atoms with Crippen molar-refractivity contribution in [3.05, 3.63) is 35.9 Å². The molecule has 0 aromatic heterocycles. The fraction of sp³-hybridized carbons (Fsp3) is 0.529. The second-order valence-corrected chi connectivity index (χ2v) is 5.82. The lowest BCUT2D eigenvalue weighted by Crippen LogP contribution is -2.42. The molecule has 0 fully saturated rings. The molecule has 0 aliphatic carbocycles. The maximum atomic E-state index is 13.2. The van der Waals surface area contributed by atoms with Crippen molar-refractivity contribution in [1.29, 1.82) is 0 Å². The van der Waals surface area contributed by atoms with Crippen molar-refractivity contribution in [2.45, 2.75) is 32.0 Å². The first kappa shape index (κ1) is 20.2. The fourth-order valence-corrected chi connectivity index (χ4v) is 2.34. The summed E-state index contributed by atoms with van der Waals surface area (Å²) in [7, 11) is 3.00. The minimum absolute atomic E-state index is 0.137. The number of carbonyl (C=O) groups is 2. The molecular formula is C17H22F3NO3. The third kappa shape index (κ3) is 6.31. The average molecular weight is 345 g/mol. The van der Waals surface area contributed by atoms with Crippen LogP contribution in [0, 0.1) is 5.92 Å². The number of likely N-dealkylation sites (N-methyl/N-ethyl adjacent to an activating group) is 1. The van der Waals surface area contributed by atoms with Crippen molar-refractivity contribution in [3.8, 4) is 0 Å². The maximum Gasteiger partial charge on any atom is 0.402 e. The van der Waals surface area contributed by atoms with Crippen LogP contribution in [-0.2, 0) is 20.7 Å². The van der Waals surface area contributed by atoms with Gasteiger partial charge in [0.25, 0.3) is 0 Å². The molecule has 24 heavy (non-hydrogen) atoms. The van der Waals surface area contributed by atoms with Crippen LogP contribution in [0.25, 0.3) is 0 Å². The molecule has 0 amide bonds. The van der Waals surface area contributed by atoms with Crippen LogP contribution >= 0.6 is 0 Å². The van der Waals surface area contributed by atoms with Gasteiger partial charge >= 0.3 is 12.1 Å². The third-order valence-electron chi connectivity index (χ3n) is 3.71. The Morgan fingerprint density at radius 2 is 1.75 bits per heavy atom. The summed E-state index contributed by atoms with van der Waals surface area (Å²) < 4.78 is 44.3. The number of esters is 1. The van der Waals surface area contributed by atoms with E-state index in [1.54, 1.807) is 24.3 Å². The standard InChI is InChI=1S/C17H22F3NO3/c1-12(22)15(21(2)3)11-14(17(18,19)20)16(23)24-10-9-13-7-5-4-6-8-13/h4-8,14-15H,9-11H2,1-3H3. The largest absolute Gasteiger partial charge is 0.465 e. The normalized spacial score (nSPS) is 14.3. The molecular weight excluding hydrogens is 323 g/mol. The van der Waals surface area contributed by atoms with E-state index in [1.165, 1.54) is 25.9 Å². The van der Waals surface area contributed by atoms with Crippen LogP contribution in [0.2, 0.25) is 0 Å². The van der Waals surface area contributed by atoms with Gasteiger partial charge in [-0.25, -0.2) is 0 Å². The molecule has 2 atom stereocenters. The lowest BCUT2D eigenvalue weighted by Gasteiger charge is -2.26. The second kappa shape index (κ2) is 8.82. The number of benzene rings is 1. The number of Topliss-reactive ketones (excluding diaryl/α,β-unsaturated/α-hetero) is 1. The van der Waals surface area contributed by atoms with Gasteiger partial charge in [-0.05, 0) is 33.0 Å². The second-order valence-electron chi connectivity index (χ2n) is 5.82. The van der Waals surface area contributed by atoms with Gasteiger partial charge in [0, 0.05) is 6.42 Å². The number of alkyl halides is 3. The lowest BCUT2D eigenvalue weighted by molar-refractivity contribution is -0.200. The highest BCUT2D eigenvalue weighted by Gasteiger charge is 2.47. The summed E-state index contributed by atoms with van der Waals surface area (Å²) in [5, 5.41) is 0. The molecule has 0 N–H and O–H groups in total. The van der Waals surface area contributed by atoms with Crippen LogP contribution in [-0.4, -0.2) is 49.6 Å². The molecule has 0 aliphatic rings. The topological polar surface area (TPSA) is 46.6 Å². The first-order valence-electron chi connectivity index (χ1n) is 7.57. The van der Waals surface area contributed by atoms with E-state index in [0.29, 0.717) is 6.42 Å². The van der Waals surface area contributed by atoms with E-state index < -0.39 is 36.3 Å². The molecule has 134 valence electrons. The zero-order valence-corrected chi connectivity index (χ0v) is 14.0. The van der Waals surface area contributed by atoms with Gasteiger partial charge in [-0.1, -0.05) is 30.3 Å². The summed E-state index contributed by atoms with van der Waals surface area (Å²) in [6, 6.07) is 8.02. The van der Waals surface area contributed by atoms with Crippen LogP contribution in [0.3, 0.4) is 0 Å². The van der Waals surface area contributed by atoms with Crippen molar-refractivity contribution in [2.75, 3.05) is 20.7 Å². The Labute approximate surface area is 139 Å². The Hall–Kier alpha value is -1.89. The number of ketones is 1. The molecule has 0 bridgehead atoms. The summed E-state index contributed by atoms with van der Waals surface area (Å²) in [5.74, 6) is -4.08. The summed E-state index contributed by atoms with van der Waals surface area (Å²) in [4.78, 5) is 24.8. The number of hydrogen-bond acceptors (Lipinski definition) is 4. The van der Waals surface area contributed by atoms with E-state index in [4.69, 9.17) is 4.74 Å². The predicted molar refractivity (Wildman–Crippen MR) is 83.4 cm³/mol. The minimum Gasteiger partial charge on any atom is -0.465 e. The number of rotatable bonds is 8. The summed E-state index contributed by atoms with van der Waals surface area (Å²) in [6.45, 7) is 1.07. The quantitative estimate of drug-likeness (QED) is 0.680. The summed E-state index contributed by atoms with van der Waals surface area (Å²) in [5.41, 5.74) is 0.865. The van der Waals surface area contributed by atoms with Gasteiger partial charge in [-0.15, -0.1) is 0 Å². The smallest absolute Gasteiger partial charge is 0.402 e. The molecule has 1 aromatic carbocycles. The molecule has 2 unspecified atom stereocenters. The monoisotopic (exact) mass is 345 g/mol. The molecule has 0 saturated carbocycles. The molecule has 4 nitrogen and oxygen atoms in total. The molecule has 0 radical (unpaired) electrons. The Morgan fingerprint density at radius 3 is 2.21 bits per heavy atom. The first-order chi connectivity index (χ1) is 11.1. The van der Waals surface area contributed by atoms with Gasteiger partial charge in [0.15, 0.2) is 5.92 Å². The van der Waals surface area contributed by atoms with E-state index >= 15 is 0 Å². The van der Waals surface area contributed by atoms with Crippen LogP contribution in [0.5, 0.6) is 0 Å². The Morgan fingerprint density at radius 1 is 1.17 bits per heavy atom. The van der Waals surface area contributed by atoms with E-state index in [-0.39, 0.29) is 6.61 Å². The van der Waals surface area contributed by atoms with Crippen molar-refractivity contribution in [1.82, 2.24) is 4.90 Å². The van der Waals surface area contributed by atoms with E-state index in [2.05, 4.69) is 0 Å². The number of ether oxygens (including phenoxy) is 1. The van der Waals surface area contributed by atoms with Gasteiger partial charge in [0.05, 0.1) is 12.6 Å². The van der Waals surface area contributed by atoms with Crippen molar-refractivity contribution >= 4 is 11.8 Å². The minimum atomic E-state index is -4.76. The average Bonchev–Trinajstić information content (AvgIpc) is 2.46. The number of halogens is 3. The van der Waals surface area contributed by atoms with Crippen LogP contribution < -0.4 is 0 Å². The van der Waals surface area contributed by atoms with Crippen molar-refractivity contribution in [3.63, 3.8) is 0 Å². The number of nitrogens with zero attached hydrogens (tertiary/aromatic N) is 1. The molecule has 0 spiro atoms. The summed E-state index contributed by atoms with van der Waals surface area (Å²) >= 11 is 0. The Bertz CT molecular complexity index is 544. The van der Waals surface area contributed by atoms with Gasteiger partial charge in [-0.3, -0.25) is 14.5 Å². The zero-order chi connectivity index (χ0) is 18.3. The van der Waals surface area contributed by atoms with Gasteiger partial charge in [0.2, 0.25) is 0 Å². The van der Waals surface area contributed by atoms with Crippen LogP contribution in [0.1, 0.15) is 18.9 Å². The SMILES string of the molecule is CC(=O)C(CC(C(=O)OCCc1ccccc1)C(F)(F)F)N(C)C. The highest BCUT2D eigenvalue weighted by Crippen LogP contribution is 2.32. The zero-order valence-electron chi connectivity index (χ0n) is 14.0. The predicted octanol–water partition coefficient (Wildman–Crippen LogP) is 2.86. The highest BCUT2D eigenvalue weighted by molar-refractivity contribution is 5.82. The first-order valence-corrected chi connectivity index (χ1v) is 7.57. The van der Waals surface area contributed by atoms with Gasteiger partial charge in [0.1, 0.15) is 5.78 Å².